The van der Waals surface area contributed by atoms with Crippen molar-refractivity contribution in [1.29, 1.82) is 0 Å². The Morgan fingerprint density at radius 3 is 3.27 bits per heavy atom. The smallest absolute Gasteiger partial charge is 0.171 e. The molecule has 0 aliphatic carbocycles. The standard InChI is InChI=1S/C7H13N3O/c1-2-8-6-10-7-5-9-3-4-11-7/h7,9H,2-5H2,1H3. The van der Waals surface area contributed by atoms with Crippen LogP contribution in [-0.2, 0) is 4.74 Å². The molecule has 62 valence electrons. The predicted octanol–water partition coefficient (Wildman–Crippen LogP) is 0.126. The predicted molar refractivity (Wildman–Crippen MR) is 43.0 cm³/mol. The van der Waals surface area contributed by atoms with E-state index < -0.39 is 0 Å². The van der Waals surface area contributed by atoms with Crippen molar-refractivity contribution in [3.8, 4) is 0 Å². The van der Waals surface area contributed by atoms with E-state index in [1.54, 1.807) is 0 Å². The highest BCUT2D eigenvalue weighted by molar-refractivity contribution is 5.41. The van der Waals surface area contributed by atoms with Gasteiger partial charge >= 0.3 is 0 Å². The summed E-state index contributed by atoms with van der Waals surface area (Å²) in [6.07, 6.45) is -0.0842. The van der Waals surface area contributed by atoms with Gasteiger partial charge in [-0.05, 0) is 6.92 Å². The van der Waals surface area contributed by atoms with Gasteiger partial charge < -0.3 is 10.1 Å². The van der Waals surface area contributed by atoms with E-state index in [0.29, 0.717) is 0 Å². The van der Waals surface area contributed by atoms with Crippen LogP contribution in [0.4, 0.5) is 0 Å². The van der Waals surface area contributed by atoms with Gasteiger partial charge in [0.05, 0.1) is 12.6 Å². The van der Waals surface area contributed by atoms with Gasteiger partial charge in [0.15, 0.2) is 6.23 Å². The van der Waals surface area contributed by atoms with Gasteiger partial charge in [0, 0.05) is 19.6 Å². The number of morpholine rings is 1. The third-order valence-corrected chi connectivity index (χ3v) is 1.34. The summed E-state index contributed by atoms with van der Waals surface area (Å²) in [5.74, 6) is 0. The molecule has 0 saturated carbocycles. The van der Waals surface area contributed by atoms with Crippen LogP contribution in [-0.4, -0.2) is 38.5 Å². The van der Waals surface area contributed by atoms with Crippen molar-refractivity contribution in [2.24, 2.45) is 9.98 Å². The maximum atomic E-state index is 5.27. The summed E-state index contributed by atoms with van der Waals surface area (Å²) in [5.41, 5.74) is 0. The van der Waals surface area contributed by atoms with Gasteiger partial charge in [0.2, 0.25) is 0 Å². The van der Waals surface area contributed by atoms with Crippen molar-refractivity contribution < 1.29 is 4.74 Å². The molecule has 4 nitrogen and oxygen atoms in total. The Bertz CT molecular complexity index is 157. The van der Waals surface area contributed by atoms with Crippen LogP contribution in [0.15, 0.2) is 9.98 Å². The Kier molecular flexibility index (Phi) is 3.83. The van der Waals surface area contributed by atoms with Gasteiger partial charge in [0.25, 0.3) is 0 Å². The molecular formula is C7H13N3O. The molecule has 1 rings (SSSR count). The SMILES string of the molecule is CCN=C=NC1CNCCO1. The lowest BCUT2D eigenvalue weighted by molar-refractivity contribution is 0.0353. The summed E-state index contributed by atoms with van der Waals surface area (Å²) >= 11 is 0. The van der Waals surface area contributed by atoms with Crippen molar-refractivity contribution in [3.63, 3.8) is 0 Å². The minimum absolute atomic E-state index is 0.0842. The monoisotopic (exact) mass is 155 g/mol. The lowest BCUT2D eigenvalue weighted by Crippen LogP contribution is -2.37. The van der Waals surface area contributed by atoms with Gasteiger partial charge in [-0.25, -0.2) is 4.99 Å². The first kappa shape index (κ1) is 8.40. The molecular weight excluding hydrogens is 142 g/mol. The molecule has 1 fully saturated rings. The molecule has 0 bridgehead atoms. The molecule has 11 heavy (non-hydrogen) atoms. The van der Waals surface area contributed by atoms with Crippen LogP contribution in [0.1, 0.15) is 6.92 Å². The first-order chi connectivity index (χ1) is 5.43. The summed E-state index contributed by atoms with van der Waals surface area (Å²) < 4.78 is 5.27. The minimum atomic E-state index is -0.0842. The van der Waals surface area contributed by atoms with Gasteiger partial charge in [-0.1, -0.05) is 0 Å². The van der Waals surface area contributed by atoms with E-state index in [9.17, 15) is 0 Å². The number of hydrogen-bond acceptors (Lipinski definition) is 4. The molecule has 0 aromatic carbocycles. The van der Waals surface area contributed by atoms with Crippen molar-refractivity contribution in [2.45, 2.75) is 13.2 Å². The Balaban J connectivity index is 2.29. The summed E-state index contributed by atoms with van der Waals surface area (Å²) in [6, 6.07) is 2.59. The lowest BCUT2D eigenvalue weighted by atomic mass is 10.5. The molecule has 0 radical (unpaired) electrons. The maximum absolute atomic E-state index is 5.27. The molecule has 1 N–H and O–H groups in total. The lowest BCUT2D eigenvalue weighted by Gasteiger charge is -2.18. The second kappa shape index (κ2) is 5.02. The maximum Gasteiger partial charge on any atom is 0.171 e. The normalized spacial score (nSPS) is 23.9. The Labute approximate surface area is 66.4 Å². The fraction of sp³-hybridized carbons (Fsp3) is 0.857. The number of aliphatic imine (C=N–C) groups is 2. The van der Waals surface area contributed by atoms with E-state index >= 15 is 0 Å². The number of rotatable bonds is 2. The first-order valence-electron chi connectivity index (χ1n) is 3.87. The fourth-order valence-corrected chi connectivity index (χ4v) is 0.810. The molecule has 1 saturated heterocycles. The van der Waals surface area contributed by atoms with Crippen LogP contribution in [0.5, 0.6) is 0 Å². The molecule has 1 unspecified atom stereocenters. The van der Waals surface area contributed by atoms with E-state index in [0.717, 1.165) is 26.2 Å². The van der Waals surface area contributed by atoms with Gasteiger partial charge in [-0.2, -0.15) is 4.99 Å². The zero-order valence-corrected chi connectivity index (χ0v) is 6.71. The molecule has 0 spiro atoms. The molecule has 1 aliphatic rings. The van der Waals surface area contributed by atoms with Crippen LogP contribution in [0, 0.1) is 0 Å². The van der Waals surface area contributed by atoms with Crippen molar-refractivity contribution in [1.82, 2.24) is 5.32 Å². The molecule has 1 aliphatic heterocycles. The zero-order valence-electron chi connectivity index (χ0n) is 6.71. The Hall–Kier alpha value is -0.700. The zero-order chi connectivity index (χ0) is 7.94. The van der Waals surface area contributed by atoms with E-state index in [2.05, 4.69) is 21.3 Å². The number of nitrogens with one attached hydrogen (secondary N) is 1. The second-order valence-corrected chi connectivity index (χ2v) is 2.23. The third-order valence-electron chi connectivity index (χ3n) is 1.34. The van der Waals surface area contributed by atoms with E-state index in [1.807, 2.05) is 6.92 Å². The largest absolute Gasteiger partial charge is 0.353 e. The third kappa shape index (κ3) is 3.28. The summed E-state index contributed by atoms with van der Waals surface area (Å²) in [4.78, 5) is 7.81. The topological polar surface area (TPSA) is 46.0 Å². The summed E-state index contributed by atoms with van der Waals surface area (Å²) in [6.45, 7) is 5.08. The van der Waals surface area contributed by atoms with Crippen molar-refractivity contribution >= 4 is 6.01 Å². The molecule has 0 aromatic heterocycles. The van der Waals surface area contributed by atoms with Crippen LogP contribution in [0.25, 0.3) is 0 Å². The second-order valence-electron chi connectivity index (χ2n) is 2.23. The molecule has 0 aromatic rings. The van der Waals surface area contributed by atoms with Gasteiger partial charge in [-0.3, -0.25) is 0 Å². The van der Waals surface area contributed by atoms with Crippen molar-refractivity contribution in [3.05, 3.63) is 0 Å². The highest BCUT2D eigenvalue weighted by atomic mass is 16.5. The fourth-order valence-electron chi connectivity index (χ4n) is 0.810. The minimum Gasteiger partial charge on any atom is -0.353 e. The number of hydrogen-bond donors (Lipinski definition) is 1. The highest BCUT2D eigenvalue weighted by Crippen LogP contribution is 1.94. The number of nitrogens with zero attached hydrogens (tertiary/aromatic N) is 2. The number of ether oxygens (including phenoxy) is 1. The highest BCUT2D eigenvalue weighted by Gasteiger charge is 2.09. The van der Waals surface area contributed by atoms with E-state index in [1.165, 1.54) is 0 Å². The average molecular weight is 155 g/mol. The molecule has 1 heterocycles. The van der Waals surface area contributed by atoms with Crippen molar-refractivity contribution in [2.75, 3.05) is 26.2 Å². The Morgan fingerprint density at radius 2 is 2.64 bits per heavy atom. The van der Waals surface area contributed by atoms with Crippen LogP contribution >= 0.6 is 0 Å². The average Bonchev–Trinajstić information content (AvgIpc) is 2.07. The quantitative estimate of drug-likeness (QED) is 0.576. The van der Waals surface area contributed by atoms with Gasteiger partial charge in [-0.15, -0.1) is 0 Å². The summed E-state index contributed by atoms with van der Waals surface area (Å²) in [5, 5.41) is 3.16. The Morgan fingerprint density at radius 1 is 1.73 bits per heavy atom. The summed E-state index contributed by atoms with van der Waals surface area (Å²) in [7, 11) is 0. The van der Waals surface area contributed by atoms with Crippen LogP contribution < -0.4 is 5.32 Å². The molecule has 1 atom stereocenters. The van der Waals surface area contributed by atoms with Gasteiger partial charge in [0.1, 0.15) is 0 Å². The molecule has 4 heteroatoms. The van der Waals surface area contributed by atoms with Crippen LogP contribution in [0.3, 0.4) is 0 Å². The van der Waals surface area contributed by atoms with Crippen LogP contribution in [0.2, 0.25) is 0 Å². The van der Waals surface area contributed by atoms with E-state index in [4.69, 9.17) is 4.74 Å². The molecule has 0 amide bonds. The van der Waals surface area contributed by atoms with E-state index in [-0.39, 0.29) is 6.23 Å². The first-order valence-corrected chi connectivity index (χ1v) is 3.87.